The van der Waals surface area contributed by atoms with Gasteiger partial charge in [-0.15, -0.1) is 0 Å². The molecule has 3 aromatic rings. The summed E-state index contributed by atoms with van der Waals surface area (Å²) in [5.74, 6) is 0.419. The molecule has 3 rings (SSSR count). The van der Waals surface area contributed by atoms with Crippen LogP contribution < -0.4 is 5.32 Å². The molecule has 7 heteroatoms. The number of carbonyl (C=O) groups excluding carboxylic acids is 1. The molecule has 1 heterocycles. The molecule has 5 nitrogen and oxygen atoms in total. The number of hydrogen-bond donors (Lipinski definition) is 2. The van der Waals surface area contributed by atoms with Crippen molar-refractivity contribution in [3.8, 4) is 11.4 Å². The third-order valence-corrected chi connectivity index (χ3v) is 4.06. The molecule has 0 radical (unpaired) electrons. The lowest BCUT2D eigenvalue weighted by molar-refractivity contribution is -0.116. The second-order valence-corrected chi connectivity index (χ2v) is 6.18. The van der Waals surface area contributed by atoms with E-state index in [9.17, 15) is 4.79 Å². The molecule has 122 valence electrons. The summed E-state index contributed by atoms with van der Waals surface area (Å²) < 4.78 is 2.04. The van der Waals surface area contributed by atoms with E-state index in [1.807, 2.05) is 43.3 Å². The Balaban J connectivity index is 1.81. The second kappa shape index (κ2) is 6.98. The van der Waals surface area contributed by atoms with E-state index in [0.29, 0.717) is 15.6 Å². The Kier molecular flexibility index (Phi) is 4.78. The normalized spacial score (nSPS) is 10.6. The summed E-state index contributed by atoms with van der Waals surface area (Å²) >= 11 is 11.1. The van der Waals surface area contributed by atoms with Crippen LogP contribution in [0.2, 0.25) is 5.02 Å². The van der Waals surface area contributed by atoms with Crippen molar-refractivity contribution >= 4 is 35.4 Å². The standard InChI is InChI=1S/C17H15ClN4OS/c1-11-2-8-14(9-3-11)19-15(23)10-22-16(20-21-17(22)24)12-4-6-13(18)7-5-12/h2-9H,10H2,1H3,(H,19,23)(H,21,24). The predicted molar refractivity (Wildman–Crippen MR) is 97.7 cm³/mol. The molecule has 2 N–H and O–H groups in total. The van der Waals surface area contributed by atoms with Crippen molar-refractivity contribution in [3.05, 3.63) is 63.9 Å². The van der Waals surface area contributed by atoms with Crippen LogP contribution in [0.3, 0.4) is 0 Å². The Bertz CT molecular complexity index is 913. The van der Waals surface area contributed by atoms with Crippen LogP contribution in [-0.2, 0) is 11.3 Å². The summed E-state index contributed by atoms with van der Waals surface area (Å²) in [4.78, 5) is 12.3. The van der Waals surface area contributed by atoms with Gasteiger partial charge in [0.15, 0.2) is 10.6 Å². The highest BCUT2D eigenvalue weighted by molar-refractivity contribution is 7.71. The lowest BCUT2D eigenvalue weighted by Gasteiger charge is -2.08. The summed E-state index contributed by atoms with van der Waals surface area (Å²) in [5, 5.41) is 10.4. The van der Waals surface area contributed by atoms with Gasteiger partial charge in [0.2, 0.25) is 5.91 Å². The van der Waals surface area contributed by atoms with Crippen LogP contribution in [0.4, 0.5) is 5.69 Å². The van der Waals surface area contributed by atoms with Crippen molar-refractivity contribution in [2.45, 2.75) is 13.5 Å². The van der Waals surface area contributed by atoms with E-state index in [0.717, 1.165) is 16.8 Å². The minimum atomic E-state index is -0.174. The number of aromatic amines is 1. The van der Waals surface area contributed by atoms with E-state index in [1.54, 1.807) is 16.7 Å². The Hall–Kier alpha value is -2.44. The lowest BCUT2D eigenvalue weighted by Crippen LogP contribution is -2.19. The first-order valence-corrected chi connectivity index (χ1v) is 8.09. The molecule has 0 spiro atoms. The smallest absolute Gasteiger partial charge is 0.244 e. The van der Waals surface area contributed by atoms with Gasteiger partial charge in [-0.2, -0.15) is 5.10 Å². The molecule has 0 aliphatic carbocycles. The quantitative estimate of drug-likeness (QED) is 0.687. The number of nitrogens with zero attached hydrogens (tertiary/aromatic N) is 2. The van der Waals surface area contributed by atoms with Gasteiger partial charge in [0.05, 0.1) is 0 Å². The number of aryl methyl sites for hydroxylation is 1. The van der Waals surface area contributed by atoms with Crippen LogP contribution in [0.15, 0.2) is 48.5 Å². The number of halogens is 1. The number of nitrogens with one attached hydrogen (secondary N) is 2. The van der Waals surface area contributed by atoms with Gasteiger partial charge in [0.25, 0.3) is 0 Å². The van der Waals surface area contributed by atoms with E-state index in [1.165, 1.54) is 0 Å². The fourth-order valence-corrected chi connectivity index (χ4v) is 2.59. The van der Waals surface area contributed by atoms with Crippen molar-refractivity contribution in [3.63, 3.8) is 0 Å². The molecule has 0 atom stereocenters. The van der Waals surface area contributed by atoms with E-state index in [4.69, 9.17) is 23.8 Å². The molecule has 0 bridgehead atoms. The SMILES string of the molecule is Cc1ccc(NC(=O)Cn2c(-c3ccc(Cl)cc3)n[nH]c2=S)cc1. The van der Waals surface area contributed by atoms with Gasteiger partial charge in [0.1, 0.15) is 6.54 Å². The van der Waals surface area contributed by atoms with Crippen LogP contribution in [0.5, 0.6) is 0 Å². The van der Waals surface area contributed by atoms with E-state index in [2.05, 4.69) is 15.5 Å². The predicted octanol–water partition coefficient (Wildman–Crippen LogP) is 4.21. The van der Waals surface area contributed by atoms with Gasteiger partial charge in [-0.3, -0.25) is 14.5 Å². The third-order valence-electron chi connectivity index (χ3n) is 3.50. The largest absolute Gasteiger partial charge is 0.325 e. The maximum absolute atomic E-state index is 12.3. The number of anilines is 1. The van der Waals surface area contributed by atoms with Crippen molar-refractivity contribution in [2.75, 3.05) is 5.32 Å². The molecule has 2 aromatic carbocycles. The zero-order chi connectivity index (χ0) is 17.1. The number of rotatable bonds is 4. The first kappa shape index (κ1) is 16.4. The van der Waals surface area contributed by atoms with Gasteiger partial charge in [-0.05, 0) is 55.5 Å². The summed E-state index contributed by atoms with van der Waals surface area (Å²) in [7, 11) is 0. The molecule has 0 aliphatic heterocycles. The topological polar surface area (TPSA) is 62.7 Å². The Morgan fingerprint density at radius 3 is 2.54 bits per heavy atom. The molecule has 0 aliphatic rings. The summed E-state index contributed by atoms with van der Waals surface area (Å²) in [6.45, 7) is 2.07. The molecule has 0 fully saturated rings. The van der Waals surface area contributed by atoms with Crippen molar-refractivity contribution in [2.24, 2.45) is 0 Å². The number of amides is 1. The average molecular weight is 359 g/mol. The number of hydrogen-bond acceptors (Lipinski definition) is 3. The molecule has 1 aromatic heterocycles. The number of carbonyl (C=O) groups is 1. The first-order valence-electron chi connectivity index (χ1n) is 7.30. The molecule has 0 saturated heterocycles. The molecular weight excluding hydrogens is 344 g/mol. The number of aromatic nitrogens is 3. The third kappa shape index (κ3) is 3.72. The van der Waals surface area contributed by atoms with Crippen LogP contribution >= 0.6 is 23.8 Å². The number of H-pyrrole nitrogens is 1. The van der Waals surface area contributed by atoms with E-state index < -0.39 is 0 Å². The van der Waals surface area contributed by atoms with E-state index in [-0.39, 0.29) is 12.5 Å². The fourth-order valence-electron chi connectivity index (χ4n) is 2.26. The highest BCUT2D eigenvalue weighted by atomic mass is 35.5. The fraction of sp³-hybridized carbons (Fsp3) is 0.118. The number of benzene rings is 2. The summed E-state index contributed by atoms with van der Waals surface area (Å²) in [6, 6.07) is 14.8. The zero-order valence-electron chi connectivity index (χ0n) is 12.9. The van der Waals surface area contributed by atoms with Crippen LogP contribution in [-0.4, -0.2) is 20.7 Å². The highest BCUT2D eigenvalue weighted by Gasteiger charge is 2.12. The average Bonchev–Trinajstić information content (AvgIpc) is 2.91. The summed E-state index contributed by atoms with van der Waals surface area (Å²) in [6.07, 6.45) is 0. The second-order valence-electron chi connectivity index (χ2n) is 5.36. The molecule has 0 unspecified atom stereocenters. The lowest BCUT2D eigenvalue weighted by atomic mass is 10.2. The Morgan fingerprint density at radius 1 is 1.21 bits per heavy atom. The minimum absolute atomic E-state index is 0.0706. The molecular formula is C17H15ClN4OS. The van der Waals surface area contributed by atoms with Crippen LogP contribution in [0.25, 0.3) is 11.4 Å². The van der Waals surface area contributed by atoms with Gasteiger partial charge >= 0.3 is 0 Å². The van der Waals surface area contributed by atoms with Crippen LogP contribution in [0, 0.1) is 11.7 Å². The first-order chi connectivity index (χ1) is 11.5. The molecule has 24 heavy (non-hydrogen) atoms. The Labute approximate surface area is 149 Å². The van der Waals surface area contributed by atoms with Crippen molar-refractivity contribution < 1.29 is 4.79 Å². The van der Waals surface area contributed by atoms with Crippen molar-refractivity contribution in [1.29, 1.82) is 0 Å². The Morgan fingerprint density at radius 2 is 1.88 bits per heavy atom. The van der Waals surface area contributed by atoms with Gasteiger partial charge in [-0.1, -0.05) is 29.3 Å². The van der Waals surface area contributed by atoms with Gasteiger partial charge in [0, 0.05) is 16.3 Å². The monoisotopic (exact) mass is 358 g/mol. The van der Waals surface area contributed by atoms with E-state index >= 15 is 0 Å². The zero-order valence-corrected chi connectivity index (χ0v) is 14.5. The van der Waals surface area contributed by atoms with Gasteiger partial charge in [-0.25, -0.2) is 0 Å². The summed E-state index contributed by atoms with van der Waals surface area (Å²) in [5.41, 5.74) is 2.71. The highest BCUT2D eigenvalue weighted by Crippen LogP contribution is 2.20. The molecule has 0 saturated carbocycles. The minimum Gasteiger partial charge on any atom is -0.325 e. The van der Waals surface area contributed by atoms with Crippen LogP contribution in [0.1, 0.15) is 5.56 Å². The van der Waals surface area contributed by atoms with Crippen molar-refractivity contribution in [1.82, 2.24) is 14.8 Å². The maximum atomic E-state index is 12.3. The maximum Gasteiger partial charge on any atom is 0.244 e. The van der Waals surface area contributed by atoms with Gasteiger partial charge < -0.3 is 5.32 Å². The molecule has 1 amide bonds.